The van der Waals surface area contributed by atoms with Crippen LogP contribution in [0.3, 0.4) is 0 Å². The van der Waals surface area contributed by atoms with Crippen molar-refractivity contribution in [3.05, 3.63) is 21.9 Å². The number of rotatable bonds is 7. The Morgan fingerprint density at radius 1 is 1.33 bits per heavy atom. The molecule has 2 aliphatic heterocycles. The number of piperidine rings is 1. The molecule has 0 radical (unpaired) electrons. The number of nitrogens with one attached hydrogen (secondary N) is 2. The summed E-state index contributed by atoms with van der Waals surface area (Å²) in [6.45, 7) is 4.64. The van der Waals surface area contributed by atoms with Gasteiger partial charge in [0.05, 0.1) is 6.61 Å². The van der Waals surface area contributed by atoms with Gasteiger partial charge >= 0.3 is 0 Å². The summed E-state index contributed by atoms with van der Waals surface area (Å²) in [5.74, 6) is 0.0334. The van der Waals surface area contributed by atoms with Crippen molar-refractivity contribution in [2.45, 2.75) is 38.6 Å². The lowest BCUT2D eigenvalue weighted by atomic mass is 9.79. The molecule has 0 aliphatic carbocycles. The molecule has 2 amide bonds. The van der Waals surface area contributed by atoms with E-state index in [9.17, 15) is 9.59 Å². The van der Waals surface area contributed by atoms with Crippen LogP contribution >= 0.6 is 23.7 Å². The van der Waals surface area contributed by atoms with E-state index in [-0.39, 0.29) is 42.5 Å². The fourth-order valence-electron chi connectivity index (χ4n) is 3.85. The molecule has 1 fully saturated rings. The van der Waals surface area contributed by atoms with E-state index in [1.54, 1.807) is 18.4 Å². The number of ether oxygens (including phenoxy) is 1. The molecule has 1 saturated heterocycles. The molecule has 8 heteroatoms. The van der Waals surface area contributed by atoms with Crippen molar-refractivity contribution in [2.75, 3.05) is 39.9 Å². The Labute approximate surface area is 171 Å². The summed E-state index contributed by atoms with van der Waals surface area (Å²) >= 11 is 1.76. The lowest BCUT2D eigenvalue weighted by Gasteiger charge is -2.37. The summed E-state index contributed by atoms with van der Waals surface area (Å²) in [6, 6.07) is 2.10. The van der Waals surface area contributed by atoms with E-state index in [4.69, 9.17) is 4.74 Å². The van der Waals surface area contributed by atoms with Gasteiger partial charge in [0.25, 0.3) is 0 Å². The highest BCUT2D eigenvalue weighted by molar-refractivity contribution is 7.10. The summed E-state index contributed by atoms with van der Waals surface area (Å²) in [5.41, 5.74) is 1.27. The van der Waals surface area contributed by atoms with Crippen molar-refractivity contribution in [1.29, 1.82) is 0 Å². The highest BCUT2D eigenvalue weighted by Gasteiger charge is 2.32. The number of amides is 2. The quantitative estimate of drug-likeness (QED) is 0.714. The Bertz CT molecular complexity index is 626. The number of hydrogen-bond donors (Lipinski definition) is 2. The second-order valence-electron chi connectivity index (χ2n) is 7.39. The first-order chi connectivity index (χ1) is 12.6. The molecule has 1 aromatic heterocycles. The second-order valence-corrected chi connectivity index (χ2v) is 8.39. The minimum atomic E-state index is -0.0411. The Morgan fingerprint density at radius 3 is 2.85 bits per heavy atom. The predicted molar refractivity (Wildman–Crippen MR) is 109 cm³/mol. The number of nitrogens with zero attached hydrogens (tertiary/aromatic N) is 1. The van der Waals surface area contributed by atoms with Gasteiger partial charge in [-0.1, -0.05) is 0 Å². The fraction of sp³-hybridized carbons (Fsp3) is 0.684. The maximum Gasteiger partial charge on any atom is 0.223 e. The number of hydrogen-bond acceptors (Lipinski definition) is 5. The SMILES string of the molecule is COCC1(CNC(=O)CCC(=O)N2CCc3sccc3C2)CCNCC1.Cl. The van der Waals surface area contributed by atoms with Gasteiger partial charge in [0, 0.05) is 49.9 Å². The third-order valence-corrected chi connectivity index (χ3v) is 6.52. The van der Waals surface area contributed by atoms with Crippen LogP contribution in [0.25, 0.3) is 0 Å². The first-order valence-electron chi connectivity index (χ1n) is 9.41. The highest BCUT2D eigenvalue weighted by Crippen LogP contribution is 2.28. The molecule has 3 rings (SSSR count). The van der Waals surface area contributed by atoms with Crippen molar-refractivity contribution in [1.82, 2.24) is 15.5 Å². The molecule has 0 spiro atoms. The summed E-state index contributed by atoms with van der Waals surface area (Å²) in [6.07, 6.45) is 3.46. The van der Waals surface area contributed by atoms with Gasteiger partial charge < -0.3 is 20.3 Å². The minimum absolute atomic E-state index is 0. The smallest absolute Gasteiger partial charge is 0.223 e. The van der Waals surface area contributed by atoms with E-state index in [0.29, 0.717) is 19.7 Å². The fourth-order valence-corrected chi connectivity index (χ4v) is 4.74. The van der Waals surface area contributed by atoms with Gasteiger partial charge in [-0.3, -0.25) is 9.59 Å². The van der Waals surface area contributed by atoms with Gasteiger partial charge in [-0.2, -0.15) is 0 Å². The van der Waals surface area contributed by atoms with E-state index >= 15 is 0 Å². The van der Waals surface area contributed by atoms with Gasteiger partial charge in [0.1, 0.15) is 0 Å². The Morgan fingerprint density at radius 2 is 2.11 bits per heavy atom. The lowest BCUT2D eigenvalue weighted by Crippen LogP contribution is -2.47. The summed E-state index contributed by atoms with van der Waals surface area (Å²) in [4.78, 5) is 27.9. The van der Waals surface area contributed by atoms with Gasteiger partial charge in [0.2, 0.25) is 11.8 Å². The molecule has 3 heterocycles. The summed E-state index contributed by atoms with van der Waals surface area (Å²) in [5, 5.41) is 8.47. The Balaban J connectivity index is 0.00000261. The zero-order valence-corrected chi connectivity index (χ0v) is 17.6. The van der Waals surface area contributed by atoms with Crippen LogP contribution in [0.1, 0.15) is 36.1 Å². The maximum atomic E-state index is 12.4. The van der Waals surface area contributed by atoms with Crippen LogP contribution < -0.4 is 10.6 Å². The van der Waals surface area contributed by atoms with Crippen molar-refractivity contribution >= 4 is 35.6 Å². The van der Waals surface area contributed by atoms with Crippen LogP contribution in [0.5, 0.6) is 0 Å². The highest BCUT2D eigenvalue weighted by atomic mass is 35.5. The summed E-state index contributed by atoms with van der Waals surface area (Å²) < 4.78 is 5.38. The first-order valence-corrected chi connectivity index (χ1v) is 10.3. The van der Waals surface area contributed by atoms with Crippen LogP contribution in [0.4, 0.5) is 0 Å². The van der Waals surface area contributed by atoms with E-state index in [1.165, 1.54) is 10.4 Å². The Hall–Kier alpha value is -1.15. The number of carbonyl (C=O) groups is 2. The molecule has 0 unspecified atom stereocenters. The van der Waals surface area contributed by atoms with E-state index in [0.717, 1.165) is 38.9 Å². The molecule has 2 N–H and O–H groups in total. The molecule has 6 nitrogen and oxygen atoms in total. The van der Waals surface area contributed by atoms with E-state index in [1.807, 2.05) is 4.90 Å². The number of fused-ring (bicyclic) bond motifs is 1. The van der Waals surface area contributed by atoms with Crippen LogP contribution in [0, 0.1) is 5.41 Å². The second kappa shape index (κ2) is 10.4. The normalized spacial score (nSPS) is 18.3. The van der Waals surface area contributed by atoms with Gasteiger partial charge in [0.15, 0.2) is 0 Å². The van der Waals surface area contributed by atoms with Crippen molar-refractivity contribution in [2.24, 2.45) is 5.41 Å². The van der Waals surface area contributed by atoms with Crippen LogP contribution in [-0.2, 0) is 27.3 Å². The third kappa shape index (κ3) is 5.91. The number of methoxy groups -OCH3 is 1. The molecule has 27 heavy (non-hydrogen) atoms. The molecule has 0 saturated carbocycles. The molecule has 0 bridgehead atoms. The Kier molecular flexibility index (Phi) is 8.54. The van der Waals surface area contributed by atoms with Crippen LogP contribution in [-0.4, -0.2) is 56.6 Å². The number of halogens is 1. The van der Waals surface area contributed by atoms with E-state index in [2.05, 4.69) is 22.1 Å². The van der Waals surface area contributed by atoms with Crippen molar-refractivity contribution < 1.29 is 14.3 Å². The largest absolute Gasteiger partial charge is 0.384 e. The zero-order chi connectivity index (χ0) is 18.4. The molecule has 1 aromatic rings. The number of carbonyl (C=O) groups excluding carboxylic acids is 2. The maximum absolute atomic E-state index is 12.4. The summed E-state index contributed by atoms with van der Waals surface area (Å²) in [7, 11) is 1.71. The van der Waals surface area contributed by atoms with Crippen molar-refractivity contribution in [3.8, 4) is 0 Å². The van der Waals surface area contributed by atoms with E-state index < -0.39 is 0 Å². The van der Waals surface area contributed by atoms with Gasteiger partial charge in [-0.25, -0.2) is 0 Å². The topological polar surface area (TPSA) is 70.7 Å². The first kappa shape index (κ1) is 22.1. The predicted octanol–water partition coefficient (Wildman–Crippen LogP) is 1.97. The average Bonchev–Trinajstić information content (AvgIpc) is 3.13. The third-order valence-electron chi connectivity index (χ3n) is 5.50. The molecule has 152 valence electrons. The van der Waals surface area contributed by atoms with Gasteiger partial charge in [-0.15, -0.1) is 23.7 Å². The minimum Gasteiger partial charge on any atom is -0.384 e. The average molecular weight is 416 g/mol. The van der Waals surface area contributed by atoms with Gasteiger partial charge in [-0.05, 0) is 49.4 Å². The number of thiophene rings is 1. The van der Waals surface area contributed by atoms with Crippen LogP contribution in [0.15, 0.2) is 11.4 Å². The van der Waals surface area contributed by atoms with Crippen LogP contribution in [0.2, 0.25) is 0 Å². The molecule has 2 aliphatic rings. The molecule has 0 atom stereocenters. The molecular weight excluding hydrogens is 386 g/mol. The molecule has 0 aromatic carbocycles. The standard InChI is InChI=1S/C19H29N3O3S.ClH/c1-25-14-19(6-8-20-9-7-19)13-21-17(23)2-3-18(24)22-10-4-16-15(12-22)5-11-26-16;/h5,11,20H,2-4,6-10,12-14H2,1H3,(H,21,23);1H. The zero-order valence-electron chi connectivity index (χ0n) is 15.9. The van der Waals surface area contributed by atoms with Crippen molar-refractivity contribution in [3.63, 3.8) is 0 Å². The lowest BCUT2D eigenvalue weighted by molar-refractivity contribution is -0.134. The molecular formula is C19H30ClN3O3S. The monoisotopic (exact) mass is 415 g/mol.